The van der Waals surface area contributed by atoms with E-state index in [-0.39, 0.29) is 11.9 Å². The Hall–Kier alpha value is -3.35. The van der Waals surface area contributed by atoms with E-state index in [4.69, 9.17) is 23.2 Å². The molecule has 6 rings (SSSR count). The van der Waals surface area contributed by atoms with Gasteiger partial charge in [0, 0.05) is 21.7 Å². The average molecular weight is 535 g/mol. The summed E-state index contributed by atoms with van der Waals surface area (Å²) in [7, 11) is 0. The van der Waals surface area contributed by atoms with Crippen LogP contribution in [0.2, 0.25) is 10.0 Å². The lowest BCUT2D eigenvalue weighted by Crippen LogP contribution is -2.47. The lowest BCUT2D eigenvalue weighted by atomic mass is 9.85. The maximum absolute atomic E-state index is 13.3. The number of imidazole rings is 1. The summed E-state index contributed by atoms with van der Waals surface area (Å²) in [5.41, 5.74) is 4.72. The molecule has 37 heavy (non-hydrogen) atoms. The summed E-state index contributed by atoms with van der Waals surface area (Å²) in [5, 5.41) is 3.72. The zero-order chi connectivity index (χ0) is 25.8. The highest BCUT2D eigenvalue weighted by Crippen LogP contribution is 2.40. The molecule has 0 bridgehead atoms. The van der Waals surface area contributed by atoms with Crippen molar-refractivity contribution in [3.63, 3.8) is 0 Å². The van der Waals surface area contributed by atoms with Crippen molar-refractivity contribution in [2.45, 2.75) is 50.6 Å². The number of nitrogens with zero attached hydrogens (tertiary/aromatic N) is 2. The third-order valence-electron chi connectivity index (χ3n) is 7.11. The minimum absolute atomic E-state index is 0.0183. The number of fused-ring (bicyclic) bond motifs is 2. The number of H-pyrrole nitrogens is 1. The molecule has 1 aromatic heterocycles. The largest absolute Gasteiger partial charge is 0.328 e. The highest BCUT2D eigenvalue weighted by atomic mass is 35.5. The number of hydrogen-bond donors (Lipinski definition) is 2. The number of para-hydroxylation sites is 2. The molecular formula is C29H28Cl2N4O2. The lowest BCUT2D eigenvalue weighted by Gasteiger charge is -2.43. The Bertz CT molecular complexity index is 1380. The molecule has 2 N–H and O–H groups in total. The molecule has 2 aliphatic rings. The molecule has 4 aromatic rings. The van der Waals surface area contributed by atoms with Gasteiger partial charge in [-0.05, 0) is 60.7 Å². The van der Waals surface area contributed by atoms with Crippen LogP contribution in [0, 0.1) is 0 Å². The summed E-state index contributed by atoms with van der Waals surface area (Å²) in [5.74, 6) is 0.621. The molecule has 1 fully saturated rings. The normalized spacial score (nSPS) is 17.6. The number of carbonyl (C=O) groups is 2. The average Bonchev–Trinajstić information content (AvgIpc) is 3.32. The van der Waals surface area contributed by atoms with Crippen LogP contribution in [0.25, 0.3) is 11.0 Å². The molecule has 0 spiro atoms. The molecule has 1 saturated carbocycles. The molecule has 8 heteroatoms. The third-order valence-corrected chi connectivity index (χ3v) is 7.67. The second kappa shape index (κ2) is 11.4. The fraction of sp³-hybridized carbons (Fsp3) is 0.276. The summed E-state index contributed by atoms with van der Waals surface area (Å²) in [6.45, 7) is 0. The van der Waals surface area contributed by atoms with Gasteiger partial charge in [-0.2, -0.15) is 0 Å². The number of hydrogen-bond acceptors (Lipinski definition) is 3. The summed E-state index contributed by atoms with van der Waals surface area (Å²) in [6, 6.07) is 21.5. The molecule has 0 saturated heterocycles. The summed E-state index contributed by atoms with van der Waals surface area (Å²) in [6.07, 6.45) is 7.21. The molecule has 190 valence electrons. The SMILES string of the molecule is O=C1c2ccccc2CC(c2ccc(Cl)cc2Cl)N1C1CCCCC1.O=CNc1nc2ccccc2[nH]1. The van der Waals surface area contributed by atoms with Gasteiger partial charge in [-0.15, -0.1) is 0 Å². The maximum atomic E-state index is 13.3. The highest BCUT2D eigenvalue weighted by molar-refractivity contribution is 6.35. The van der Waals surface area contributed by atoms with Crippen LogP contribution >= 0.6 is 23.2 Å². The fourth-order valence-corrected chi connectivity index (χ4v) is 5.92. The number of amides is 2. The Morgan fingerprint density at radius 2 is 1.73 bits per heavy atom. The van der Waals surface area contributed by atoms with E-state index in [2.05, 4.69) is 26.3 Å². The van der Waals surface area contributed by atoms with Crippen LogP contribution in [0.15, 0.2) is 66.7 Å². The first-order valence-electron chi connectivity index (χ1n) is 12.6. The number of carbonyl (C=O) groups excluding carboxylic acids is 2. The van der Waals surface area contributed by atoms with Crippen LogP contribution in [0.3, 0.4) is 0 Å². The zero-order valence-corrected chi connectivity index (χ0v) is 21.8. The summed E-state index contributed by atoms with van der Waals surface area (Å²) in [4.78, 5) is 32.6. The molecule has 1 aliphatic carbocycles. The molecule has 6 nitrogen and oxygen atoms in total. The molecule has 1 aliphatic heterocycles. The van der Waals surface area contributed by atoms with E-state index in [9.17, 15) is 9.59 Å². The number of nitrogens with one attached hydrogen (secondary N) is 2. The van der Waals surface area contributed by atoms with Crippen molar-refractivity contribution >= 4 is 52.5 Å². The van der Waals surface area contributed by atoms with Gasteiger partial charge in [0.05, 0.1) is 17.1 Å². The van der Waals surface area contributed by atoms with Crippen molar-refractivity contribution in [3.8, 4) is 0 Å². The topological polar surface area (TPSA) is 78.1 Å². The smallest absolute Gasteiger partial charge is 0.254 e. The second-order valence-electron chi connectivity index (χ2n) is 9.41. The van der Waals surface area contributed by atoms with E-state index >= 15 is 0 Å². The third kappa shape index (κ3) is 5.50. The van der Waals surface area contributed by atoms with Gasteiger partial charge in [-0.25, -0.2) is 4.98 Å². The lowest BCUT2D eigenvalue weighted by molar-refractivity contribution is -0.105. The number of rotatable bonds is 4. The number of aromatic amines is 1. The van der Waals surface area contributed by atoms with Crippen molar-refractivity contribution in [1.82, 2.24) is 14.9 Å². The van der Waals surface area contributed by atoms with Crippen molar-refractivity contribution in [1.29, 1.82) is 0 Å². The van der Waals surface area contributed by atoms with Gasteiger partial charge in [0.15, 0.2) is 0 Å². The highest BCUT2D eigenvalue weighted by Gasteiger charge is 2.38. The quantitative estimate of drug-likeness (QED) is 0.272. The summed E-state index contributed by atoms with van der Waals surface area (Å²) >= 11 is 12.6. The van der Waals surface area contributed by atoms with E-state index in [0.29, 0.717) is 28.4 Å². The van der Waals surface area contributed by atoms with Crippen LogP contribution in [0.1, 0.15) is 59.6 Å². The van der Waals surface area contributed by atoms with Crippen LogP contribution in [0.4, 0.5) is 5.95 Å². The number of benzene rings is 3. The van der Waals surface area contributed by atoms with E-state index in [0.717, 1.165) is 47.0 Å². The first-order chi connectivity index (χ1) is 18.0. The number of halogens is 2. The zero-order valence-electron chi connectivity index (χ0n) is 20.3. The van der Waals surface area contributed by atoms with E-state index < -0.39 is 0 Å². The number of aromatic nitrogens is 2. The minimum atomic E-state index is -0.0183. The van der Waals surface area contributed by atoms with E-state index in [1.54, 1.807) is 6.07 Å². The number of anilines is 1. The Kier molecular flexibility index (Phi) is 7.77. The molecule has 2 amide bonds. The van der Waals surface area contributed by atoms with Crippen LogP contribution in [-0.2, 0) is 11.2 Å². The molecule has 1 atom stereocenters. The first-order valence-corrected chi connectivity index (χ1v) is 13.3. The standard InChI is InChI=1S/C21H21Cl2NO.C8H7N3O/c22-15-10-11-18(19(23)13-15)20-12-14-6-4-5-9-17(14)21(25)24(20)16-7-2-1-3-8-16;12-5-9-8-10-6-3-1-2-4-7(6)11-8/h4-6,9-11,13,16,20H,1-3,7-8,12H2;1-5H,(H2,9,10,11,12). The van der Waals surface area contributed by atoms with Gasteiger partial charge >= 0.3 is 0 Å². The fourth-order valence-electron chi connectivity index (χ4n) is 5.38. The van der Waals surface area contributed by atoms with Crippen molar-refractivity contribution < 1.29 is 9.59 Å². The minimum Gasteiger partial charge on any atom is -0.328 e. The Balaban J connectivity index is 0.000000195. The van der Waals surface area contributed by atoms with Gasteiger partial charge in [-0.3, -0.25) is 14.9 Å². The van der Waals surface area contributed by atoms with Gasteiger partial charge in [0.2, 0.25) is 12.4 Å². The van der Waals surface area contributed by atoms with Crippen molar-refractivity contribution in [3.05, 3.63) is 93.5 Å². The predicted molar refractivity (Wildman–Crippen MR) is 148 cm³/mol. The van der Waals surface area contributed by atoms with Crippen molar-refractivity contribution in [2.24, 2.45) is 0 Å². The van der Waals surface area contributed by atoms with Gasteiger partial charge in [-0.1, -0.05) is 78.9 Å². The van der Waals surface area contributed by atoms with Gasteiger partial charge < -0.3 is 9.88 Å². The molecule has 1 unspecified atom stereocenters. The maximum Gasteiger partial charge on any atom is 0.254 e. The second-order valence-corrected chi connectivity index (χ2v) is 10.3. The molecule has 0 radical (unpaired) electrons. The first kappa shape index (κ1) is 25.3. The van der Waals surface area contributed by atoms with Crippen LogP contribution in [-0.4, -0.2) is 33.2 Å². The molecule has 2 heterocycles. The Morgan fingerprint density at radius 1 is 0.973 bits per heavy atom. The predicted octanol–water partition coefficient (Wildman–Crippen LogP) is 7.20. The van der Waals surface area contributed by atoms with Gasteiger partial charge in [0.1, 0.15) is 0 Å². The van der Waals surface area contributed by atoms with Crippen LogP contribution < -0.4 is 5.32 Å². The van der Waals surface area contributed by atoms with Crippen molar-refractivity contribution in [2.75, 3.05) is 5.32 Å². The van der Waals surface area contributed by atoms with E-state index in [1.807, 2.05) is 54.6 Å². The van der Waals surface area contributed by atoms with E-state index in [1.165, 1.54) is 19.3 Å². The Morgan fingerprint density at radius 3 is 2.49 bits per heavy atom. The van der Waals surface area contributed by atoms with Gasteiger partial charge in [0.25, 0.3) is 5.91 Å². The van der Waals surface area contributed by atoms with Crippen LogP contribution in [0.5, 0.6) is 0 Å². The molecule has 3 aromatic carbocycles. The Labute approximate surface area is 226 Å². The molecular weight excluding hydrogens is 507 g/mol. The monoisotopic (exact) mass is 534 g/mol. The summed E-state index contributed by atoms with van der Waals surface area (Å²) < 4.78 is 0.